The first-order valence-electron chi connectivity index (χ1n) is 10.9. The topological polar surface area (TPSA) is 230 Å². The minimum absolute atomic E-state index is 0.0409. The number of benzene rings is 1. The minimum Gasteiger partial charge on any atom is -0.627 e. The average Bonchev–Trinajstić information content (AvgIpc) is 2.81. The fourth-order valence-corrected chi connectivity index (χ4v) is 3.71. The summed E-state index contributed by atoms with van der Waals surface area (Å²) in [6, 6.07) is 3.02. The lowest BCUT2D eigenvalue weighted by atomic mass is 10.1. The van der Waals surface area contributed by atoms with Gasteiger partial charge in [-0.2, -0.15) is 9.97 Å². The second-order valence-corrected chi connectivity index (χ2v) is 8.16. The van der Waals surface area contributed by atoms with Crippen LogP contribution in [0.3, 0.4) is 0 Å². The van der Waals surface area contributed by atoms with Gasteiger partial charge in [0.2, 0.25) is 5.95 Å². The Hall–Kier alpha value is -4.43. The summed E-state index contributed by atoms with van der Waals surface area (Å²) in [7, 11) is 0. The average molecular weight is 499 g/mol. The van der Waals surface area contributed by atoms with Crippen LogP contribution in [0.1, 0.15) is 41.4 Å². The summed E-state index contributed by atoms with van der Waals surface area (Å²) in [6.07, 6.45) is 0.735. The van der Waals surface area contributed by atoms with E-state index in [4.69, 9.17) is 16.6 Å². The van der Waals surface area contributed by atoms with E-state index >= 15 is 0 Å². The van der Waals surface area contributed by atoms with E-state index in [1.807, 2.05) is 0 Å². The molecule has 0 aliphatic heterocycles. The summed E-state index contributed by atoms with van der Waals surface area (Å²) in [5.74, 6) is -3.21. The predicted molar refractivity (Wildman–Crippen MR) is 130 cm³/mol. The predicted octanol–water partition coefficient (Wildman–Crippen LogP) is 0.966. The van der Waals surface area contributed by atoms with Crippen LogP contribution in [-0.4, -0.2) is 60.6 Å². The number of aryl methyl sites for hydroxylation is 1. The summed E-state index contributed by atoms with van der Waals surface area (Å²) in [4.78, 5) is 51.1. The first-order chi connectivity index (χ1) is 16.9. The van der Waals surface area contributed by atoms with E-state index < -0.39 is 35.0 Å². The summed E-state index contributed by atoms with van der Waals surface area (Å²) in [5, 5.41) is 34.2. The molecule has 3 rings (SSSR count). The number of nitrogen functional groups attached to an aromatic ring is 2. The number of amides is 1. The number of carboxylic acids is 2. The van der Waals surface area contributed by atoms with Gasteiger partial charge in [0, 0.05) is 23.6 Å². The van der Waals surface area contributed by atoms with Crippen molar-refractivity contribution in [3.63, 3.8) is 0 Å². The van der Waals surface area contributed by atoms with Crippen LogP contribution in [0, 0.1) is 12.1 Å². The number of aromatic nitrogens is 4. The van der Waals surface area contributed by atoms with E-state index in [2.05, 4.69) is 25.3 Å². The van der Waals surface area contributed by atoms with Gasteiger partial charge in [0.25, 0.3) is 5.91 Å². The van der Waals surface area contributed by atoms with Crippen molar-refractivity contribution in [3.8, 4) is 0 Å². The zero-order valence-electron chi connectivity index (χ0n) is 19.6. The Bertz CT molecular complexity index is 1330. The van der Waals surface area contributed by atoms with E-state index in [9.17, 15) is 24.7 Å². The number of carbonyl (C=O) groups is 3. The number of hydrogen-bond acceptors (Lipinski definition) is 10. The molecule has 14 heteroatoms. The van der Waals surface area contributed by atoms with Gasteiger partial charge in [-0.25, -0.2) is 14.8 Å². The summed E-state index contributed by atoms with van der Waals surface area (Å²) >= 11 is 0. The van der Waals surface area contributed by atoms with Gasteiger partial charge in [-0.3, -0.25) is 9.59 Å². The highest BCUT2D eigenvalue weighted by atomic mass is 16.5. The van der Waals surface area contributed by atoms with Crippen LogP contribution >= 0.6 is 0 Å². The Balaban J connectivity index is 1.84. The lowest BCUT2D eigenvalue weighted by Gasteiger charge is -2.42. The number of quaternary nitrogens is 1. The van der Waals surface area contributed by atoms with E-state index in [-0.39, 0.29) is 48.0 Å². The smallest absolute Gasteiger partial charge is 0.326 e. The Morgan fingerprint density at radius 1 is 1.17 bits per heavy atom. The number of hydrogen-bond donors (Lipinski definition) is 5. The molecule has 14 nitrogen and oxygen atoms in total. The van der Waals surface area contributed by atoms with E-state index in [0.717, 1.165) is 0 Å². The van der Waals surface area contributed by atoms with Gasteiger partial charge in [0.05, 0.1) is 12.7 Å². The number of aliphatic carboxylic acids is 2. The molecule has 7 N–H and O–H groups in total. The number of carboxylic acid groups (broad SMARTS) is 2. The standard InChI is InChI=1S/C22H26N8O6/c1-3-30(36,10-13-9-25-19-17(26-13)18(23)28-22(24)29-19)15-6-4-12(8-11(15)2)20(33)27-14(21(34)35)5-7-16(31)32/h4,6,8-9,14H,3,5,7,10H2,1-2H3,(H,27,33)(H,31,32)(H,34,35)(H4,23,24,25,28,29)/t14-,30?/m0/s1. The number of nitrogens with two attached hydrogens (primary N) is 2. The molecule has 0 bridgehead atoms. The Morgan fingerprint density at radius 2 is 1.89 bits per heavy atom. The molecule has 0 saturated heterocycles. The van der Waals surface area contributed by atoms with Crippen molar-refractivity contribution in [2.75, 3.05) is 18.0 Å². The van der Waals surface area contributed by atoms with Gasteiger partial charge in [-0.05, 0) is 32.4 Å². The van der Waals surface area contributed by atoms with Gasteiger partial charge in [-0.15, -0.1) is 0 Å². The molecule has 2 heterocycles. The fraction of sp³-hybridized carbons (Fsp3) is 0.318. The van der Waals surface area contributed by atoms with Crippen molar-refractivity contribution in [1.29, 1.82) is 0 Å². The molecule has 0 saturated carbocycles. The van der Waals surface area contributed by atoms with Crippen LogP contribution in [0.4, 0.5) is 17.5 Å². The summed E-state index contributed by atoms with van der Waals surface area (Å²) in [5.41, 5.74) is 13.2. The number of rotatable bonds is 10. The van der Waals surface area contributed by atoms with Gasteiger partial charge in [-0.1, -0.05) is 0 Å². The third-order valence-electron chi connectivity index (χ3n) is 5.58. The molecule has 1 aromatic carbocycles. The Labute approximate surface area is 205 Å². The van der Waals surface area contributed by atoms with Crippen molar-refractivity contribution in [3.05, 3.63) is 46.4 Å². The highest BCUT2D eigenvalue weighted by Gasteiger charge is 2.26. The zero-order chi connectivity index (χ0) is 26.6. The highest BCUT2D eigenvalue weighted by molar-refractivity contribution is 5.97. The second-order valence-electron chi connectivity index (χ2n) is 8.16. The molecule has 0 spiro atoms. The normalized spacial score (nSPS) is 13.6. The molecule has 2 atom stereocenters. The van der Waals surface area contributed by atoms with E-state index in [1.165, 1.54) is 24.4 Å². The lowest BCUT2D eigenvalue weighted by molar-refractivity contribution is -0.140. The van der Waals surface area contributed by atoms with E-state index in [1.54, 1.807) is 13.8 Å². The van der Waals surface area contributed by atoms with Crippen LogP contribution in [0.15, 0.2) is 24.4 Å². The van der Waals surface area contributed by atoms with Gasteiger partial charge in [0.15, 0.2) is 17.0 Å². The van der Waals surface area contributed by atoms with Crippen molar-refractivity contribution in [2.45, 2.75) is 39.3 Å². The van der Waals surface area contributed by atoms with Gasteiger partial charge >= 0.3 is 11.9 Å². The lowest BCUT2D eigenvalue weighted by Crippen LogP contribution is -2.43. The highest BCUT2D eigenvalue weighted by Crippen LogP contribution is 2.29. The maximum Gasteiger partial charge on any atom is 0.326 e. The number of anilines is 2. The first-order valence-corrected chi connectivity index (χ1v) is 10.9. The third kappa shape index (κ3) is 5.79. The zero-order valence-corrected chi connectivity index (χ0v) is 19.6. The Morgan fingerprint density at radius 3 is 2.50 bits per heavy atom. The van der Waals surface area contributed by atoms with Crippen LogP contribution < -0.4 is 21.4 Å². The van der Waals surface area contributed by atoms with Crippen molar-refractivity contribution < 1.29 is 24.6 Å². The monoisotopic (exact) mass is 498 g/mol. The molecule has 0 fully saturated rings. The van der Waals surface area contributed by atoms with Crippen molar-refractivity contribution >= 4 is 46.5 Å². The SMILES string of the molecule is CC[N+]([O-])(Cc1cnc2nc(N)nc(N)c2n1)c1ccc(C(=O)N[C@@H](CCC(=O)O)C(=O)O)cc1C. The molecule has 0 aliphatic carbocycles. The molecule has 3 aromatic rings. The Kier molecular flexibility index (Phi) is 7.60. The minimum atomic E-state index is -1.36. The van der Waals surface area contributed by atoms with E-state index in [0.29, 0.717) is 16.9 Å². The molecule has 0 aliphatic rings. The quantitative estimate of drug-likeness (QED) is 0.194. The number of nitrogens with one attached hydrogen (secondary N) is 1. The van der Waals surface area contributed by atoms with Crippen LogP contribution in [0.2, 0.25) is 0 Å². The first kappa shape index (κ1) is 26.2. The number of hydroxylamine groups is 2. The fourth-order valence-electron chi connectivity index (χ4n) is 3.71. The second kappa shape index (κ2) is 10.5. The van der Waals surface area contributed by atoms with Gasteiger partial charge in [0.1, 0.15) is 24.0 Å². The summed E-state index contributed by atoms with van der Waals surface area (Å²) < 4.78 is -0.819. The molecule has 2 aromatic heterocycles. The number of fused-ring (bicyclic) bond motifs is 1. The molecule has 1 unspecified atom stereocenters. The molecule has 36 heavy (non-hydrogen) atoms. The molecule has 190 valence electrons. The number of nitrogens with zero attached hydrogens (tertiary/aromatic N) is 5. The van der Waals surface area contributed by atoms with Crippen molar-refractivity contribution in [2.24, 2.45) is 0 Å². The maximum absolute atomic E-state index is 13.8. The van der Waals surface area contributed by atoms with Crippen LogP contribution in [-0.2, 0) is 16.1 Å². The van der Waals surface area contributed by atoms with Crippen LogP contribution in [0.5, 0.6) is 0 Å². The van der Waals surface area contributed by atoms with Crippen molar-refractivity contribution in [1.82, 2.24) is 29.9 Å². The molecule has 0 radical (unpaired) electrons. The molecule has 1 amide bonds. The third-order valence-corrected chi connectivity index (χ3v) is 5.58. The maximum atomic E-state index is 13.8. The molecular weight excluding hydrogens is 472 g/mol. The molecular formula is C22H26N8O6. The number of carbonyl (C=O) groups excluding carboxylic acids is 1. The van der Waals surface area contributed by atoms with Gasteiger partial charge < -0.3 is 36.9 Å². The summed E-state index contributed by atoms with van der Waals surface area (Å²) in [6.45, 7) is 3.41. The van der Waals surface area contributed by atoms with Crippen LogP contribution in [0.25, 0.3) is 11.2 Å². The largest absolute Gasteiger partial charge is 0.627 e.